The van der Waals surface area contributed by atoms with E-state index in [1.165, 1.54) is 11.8 Å². The number of aliphatic carboxylic acids is 1. The second-order valence-corrected chi connectivity index (χ2v) is 3.28. The summed E-state index contributed by atoms with van der Waals surface area (Å²) in [6.45, 7) is 4.25. The number of nitrogens with zero attached hydrogens (tertiary/aromatic N) is 2. The SMILES string of the molecule is C=CCn1ccnc1SCC(=O)O. The number of carbonyl (C=O) groups is 1. The molecule has 0 aromatic carbocycles. The first-order chi connectivity index (χ1) is 6.24. The topological polar surface area (TPSA) is 55.1 Å². The van der Waals surface area contributed by atoms with Crippen LogP contribution in [-0.2, 0) is 11.3 Å². The number of rotatable bonds is 5. The molecule has 4 nitrogen and oxygen atoms in total. The Morgan fingerprint density at radius 1 is 1.85 bits per heavy atom. The summed E-state index contributed by atoms with van der Waals surface area (Å²) < 4.78 is 1.85. The van der Waals surface area contributed by atoms with Gasteiger partial charge in [0, 0.05) is 18.9 Å². The van der Waals surface area contributed by atoms with Gasteiger partial charge in [0.05, 0.1) is 5.75 Å². The number of allylic oxidation sites excluding steroid dienone is 1. The molecule has 1 aromatic heterocycles. The van der Waals surface area contributed by atoms with E-state index in [2.05, 4.69) is 11.6 Å². The van der Waals surface area contributed by atoms with Gasteiger partial charge in [0.15, 0.2) is 5.16 Å². The standard InChI is InChI=1S/C8H10N2O2S/c1-2-4-10-5-3-9-8(10)13-6-7(11)12/h2-3,5H,1,4,6H2,(H,11,12). The van der Waals surface area contributed by atoms with E-state index in [-0.39, 0.29) is 5.75 Å². The molecule has 1 N–H and O–H groups in total. The molecule has 0 amide bonds. The van der Waals surface area contributed by atoms with Crippen molar-refractivity contribution in [2.45, 2.75) is 11.7 Å². The van der Waals surface area contributed by atoms with E-state index in [0.717, 1.165) is 0 Å². The Labute approximate surface area is 80.3 Å². The monoisotopic (exact) mass is 198 g/mol. The normalized spacial score (nSPS) is 9.85. The Hall–Kier alpha value is -1.23. The molecular weight excluding hydrogens is 188 g/mol. The highest BCUT2D eigenvalue weighted by molar-refractivity contribution is 7.99. The number of hydrogen-bond donors (Lipinski definition) is 1. The zero-order valence-corrected chi connectivity index (χ0v) is 7.83. The van der Waals surface area contributed by atoms with Crippen molar-refractivity contribution in [2.75, 3.05) is 5.75 Å². The molecule has 0 aliphatic heterocycles. The first-order valence-electron chi connectivity index (χ1n) is 3.70. The molecule has 0 unspecified atom stereocenters. The van der Waals surface area contributed by atoms with Gasteiger partial charge in [-0.3, -0.25) is 4.79 Å². The largest absolute Gasteiger partial charge is 0.481 e. The summed E-state index contributed by atoms with van der Waals surface area (Å²) in [7, 11) is 0. The third kappa shape index (κ3) is 2.95. The molecule has 0 aliphatic carbocycles. The van der Waals surface area contributed by atoms with Gasteiger partial charge in [-0.1, -0.05) is 17.8 Å². The first-order valence-corrected chi connectivity index (χ1v) is 4.69. The Bertz CT molecular complexity index is 309. The number of carboxylic acid groups (broad SMARTS) is 1. The zero-order valence-electron chi connectivity index (χ0n) is 7.01. The van der Waals surface area contributed by atoms with E-state index in [0.29, 0.717) is 11.7 Å². The van der Waals surface area contributed by atoms with Gasteiger partial charge in [0.25, 0.3) is 0 Å². The van der Waals surface area contributed by atoms with E-state index >= 15 is 0 Å². The van der Waals surface area contributed by atoms with Crippen LogP contribution >= 0.6 is 11.8 Å². The van der Waals surface area contributed by atoms with Crippen molar-refractivity contribution >= 4 is 17.7 Å². The van der Waals surface area contributed by atoms with E-state index in [9.17, 15) is 4.79 Å². The fraction of sp³-hybridized carbons (Fsp3) is 0.250. The molecule has 70 valence electrons. The van der Waals surface area contributed by atoms with Crippen LogP contribution in [0.4, 0.5) is 0 Å². The van der Waals surface area contributed by atoms with Crippen molar-refractivity contribution in [3.05, 3.63) is 25.0 Å². The lowest BCUT2D eigenvalue weighted by atomic mass is 10.6. The van der Waals surface area contributed by atoms with Crippen LogP contribution in [-0.4, -0.2) is 26.4 Å². The van der Waals surface area contributed by atoms with Crippen LogP contribution in [0.2, 0.25) is 0 Å². The Balaban J connectivity index is 2.59. The van der Waals surface area contributed by atoms with Crippen molar-refractivity contribution in [1.29, 1.82) is 0 Å². The number of aromatic nitrogens is 2. The summed E-state index contributed by atoms with van der Waals surface area (Å²) in [5.41, 5.74) is 0. The summed E-state index contributed by atoms with van der Waals surface area (Å²) in [6, 6.07) is 0. The molecule has 13 heavy (non-hydrogen) atoms. The van der Waals surface area contributed by atoms with Gasteiger partial charge in [-0.15, -0.1) is 6.58 Å². The average Bonchev–Trinajstić information content (AvgIpc) is 2.49. The van der Waals surface area contributed by atoms with Crippen LogP contribution < -0.4 is 0 Å². The molecule has 0 bridgehead atoms. The lowest BCUT2D eigenvalue weighted by Gasteiger charge is -2.01. The Kier molecular flexibility index (Phi) is 3.57. The lowest BCUT2D eigenvalue weighted by molar-refractivity contribution is -0.133. The van der Waals surface area contributed by atoms with Gasteiger partial charge in [-0.2, -0.15) is 0 Å². The van der Waals surface area contributed by atoms with Gasteiger partial charge in [0.1, 0.15) is 0 Å². The second kappa shape index (κ2) is 4.71. The van der Waals surface area contributed by atoms with Gasteiger partial charge >= 0.3 is 5.97 Å². The number of carboxylic acids is 1. The zero-order chi connectivity index (χ0) is 9.68. The minimum atomic E-state index is -0.835. The van der Waals surface area contributed by atoms with E-state index in [1.54, 1.807) is 18.5 Å². The highest BCUT2D eigenvalue weighted by Crippen LogP contribution is 2.14. The molecule has 0 saturated carbocycles. The summed E-state index contributed by atoms with van der Waals surface area (Å²) in [4.78, 5) is 14.3. The number of hydrogen-bond acceptors (Lipinski definition) is 3. The summed E-state index contributed by atoms with van der Waals surface area (Å²) >= 11 is 1.21. The molecular formula is C8H10N2O2S. The fourth-order valence-electron chi connectivity index (χ4n) is 0.840. The van der Waals surface area contributed by atoms with Crippen LogP contribution in [0.5, 0.6) is 0 Å². The predicted molar refractivity (Wildman–Crippen MR) is 50.8 cm³/mol. The second-order valence-electron chi connectivity index (χ2n) is 2.33. The van der Waals surface area contributed by atoms with Crippen molar-refractivity contribution < 1.29 is 9.90 Å². The van der Waals surface area contributed by atoms with Crippen LogP contribution in [0.1, 0.15) is 0 Å². The van der Waals surface area contributed by atoms with Gasteiger partial charge < -0.3 is 9.67 Å². The molecule has 5 heteroatoms. The Morgan fingerprint density at radius 3 is 3.23 bits per heavy atom. The highest BCUT2D eigenvalue weighted by atomic mass is 32.2. The minimum absolute atomic E-state index is 0.0359. The number of thioether (sulfide) groups is 1. The summed E-state index contributed by atoms with van der Waals surface area (Å²) in [5, 5.41) is 9.17. The molecule has 1 rings (SSSR count). The van der Waals surface area contributed by atoms with E-state index < -0.39 is 5.97 Å². The highest BCUT2D eigenvalue weighted by Gasteiger charge is 2.04. The Morgan fingerprint density at radius 2 is 2.62 bits per heavy atom. The molecule has 0 atom stereocenters. The molecule has 1 aromatic rings. The third-order valence-electron chi connectivity index (χ3n) is 1.33. The third-order valence-corrected chi connectivity index (χ3v) is 2.32. The molecule has 1 heterocycles. The van der Waals surface area contributed by atoms with Crippen LogP contribution in [0.25, 0.3) is 0 Å². The maximum absolute atomic E-state index is 10.3. The molecule has 0 radical (unpaired) electrons. The summed E-state index contributed by atoms with van der Waals surface area (Å²) in [5.74, 6) is -0.799. The number of imidazole rings is 1. The smallest absolute Gasteiger partial charge is 0.313 e. The molecule has 0 fully saturated rings. The van der Waals surface area contributed by atoms with Gasteiger partial charge in [0.2, 0.25) is 0 Å². The van der Waals surface area contributed by atoms with Crippen molar-refractivity contribution in [2.24, 2.45) is 0 Å². The van der Waals surface area contributed by atoms with Crippen molar-refractivity contribution in [1.82, 2.24) is 9.55 Å². The van der Waals surface area contributed by atoms with Gasteiger partial charge in [-0.05, 0) is 0 Å². The van der Waals surface area contributed by atoms with E-state index in [1.807, 2.05) is 4.57 Å². The van der Waals surface area contributed by atoms with Crippen molar-refractivity contribution in [3.63, 3.8) is 0 Å². The quantitative estimate of drug-likeness (QED) is 0.571. The average molecular weight is 198 g/mol. The van der Waals surface area contributed by atoms with Crippen LogP contribution in [0.3, 0.4) is 0 Å². The predicted octanol–water partition coefficient (Wildman–Crippen LogP) is 1.25. The maximum Gasteiger partial charge on any atom is 0.313 e. The molecule has 0 aliphatic rings. The minimum Gasteiger partial charge on any atom is -0.481 e. The maximum atomic E-state index is 10.3. The fourth-order valence-corrected chi connectivity index (χ4v) is 1.53. The van der Waals surface area contributed by atoms with E-state index in [4.69, 9.17) is 5.11 Å². The lowest BCUT2D eigenvalue weighted by Crippen LogP contribution is -2.01. The van der Waals surface area contributed by atoms with Crippen LogP contribution in [0, 0.1) is 0 Å². The van der Waals surface area contributed by atoms with Gasteiger partial charge in [-0.25, -0.2) is 4.98 Å². The molecule has 0 saturated heterocycles. The summed E-state index contributed by atoms with van der Waals surface area (Å²) in [6.07, 6.45) is 5.19. The first kappa shape index (κ1) is 9.85. The van der Waals surface area contributed by atoms with Crippen molar-refractivity contribution in [3.8, 4) is 0 Å². The molecule has 0 spiro atoms. The van der Waals surface area contributed by atoms with Crippen LogP contribution in [0.15, 0.2) is 30.2 Å².